The highest BCUT2D eigenvalue weighted by Crippen LogP contribution is 2.28. The summed E-state index contributed by atoms with van der Waals surface area (Å²) >= 11 is 0. The van der Waals surface area contributed by atoms with Crippen molar-refractivity contribution in [3.63, 3.8) is 0 Å². The molecule has 0 aliphatic rings. The third-order valence-electron chi connectivity index (χ3n) is 6.64. The van der Waals surface area contributed by atoms with Crippen LogP contribution in [0.15, 0.2) is 122 Å². The predicted molar refractivity (Wildman–Crippen MR) is 149 cm³/mol. The van der Waals surface area contributed by atoms with Crippen molar-refractivity contribution in [3.8, 4) is 0 Å². The minimum absolute atomic E-state index is 0.945. The molecule has 0 fully saturated rings. The van der Waals surface area contributed by atoms with E-state index in [-0.39, 0.29) is 0 Å². The zero-order valence-corrected chi connectivity index (χ0v) is 19.3. The fraction of sp³-hybridized carbons (Fsp3) is 0. The number of aromatic nitrogens is 4. The van der Waals surface area contributed by atoms with Gasteiger partial charge in [-0.25, -0.2) is 0 Å². The monoisotopic (exact) mass is 460 g/mol. The molecule has 2 heterocycles. The second-order valence-corrected chi connectivity index (χ2v) is 8.82. The molecule has 0 saturated heterocycles. The zero-order valence-electron chi connectivity index (χ0n) is 19.3. The highest BCUT2D eigenvalue weighted by molar-refractivity contribution is 6.10. The molecule has 0 unspecified atom stereocenters. The maximum Gasteiger partial charge on any atom is 0.0965 e. The van der Waals surface area contributed by atoms with Crippen LogP contribution in [0.5, 0.6) is 0 Å². The first-order valence-corrected chi connectivity index (χ1v) is 11.9. The molecule has 2 aromatic heterocycles. The van der Waals surface area contributed by atoms with Crippen LogP contribution in [0, 0.1) is 0 Å². The van der Waals surface area contributed by atoms with Crippen molar-refractivity contribution in [2.45, 2.75) is 0 Å². The number of benzene rings is 6. The van der Waals surface area contributed by atoms with Crippen molar-refractivity contribution >= 4 is 65.2 Å². The van der Waals surface area contributed by atoms with Gasteiger partial charge in [0.2, 0.25) is 0 Å². The Balaban J connectivity index is 0.000000122. The summed E-state index contributed by atoms with van der Waals surface area (Å²) in [6, 6.07) is 33.9. The van der Waals surface area contributed by atoms with Gasteiger partial charge in [0.25, 0.3) is 0 Å². The molecule has 8 rings (SSSR count). The second-order valence-electron chi connectivity index (χ2n) is 8.82. The molecule has 4 heteroatoms. The smallest absolute Gasteiger partial charge is 0.0965 e. The zero-order chi connectivity index (χ0) is 23.9. The largest absolute Gasteiger partial charge is 0.253 e. The topological polar surface area (TPSA) is 51.6 Å². The lowest BCUT2D eigenvalue weighted by Crippen LogP contribution is -1.84. The molecule has 0 bridgehead atoms. The number of rotatable bonds is 0. The first kappa shape index (κ1) is 20.4. The van der Waals surface area contributed by atoms with Crippen LogP contribution in [0.4, 0.5) is 0 Å². The number of hydrogen-bond donors (Lipinski definition) is 0. The van der Waals surface area contributed by atoms with Crippen LogP contribution in [0.1, 0.15) is 0 Å². The predicted octanol–water partition coefficient (Wildman–Crippen LogP) is 7.87. The highest BCUT2D eigenvalue weighted by atomic mass is 14.8. The Kier molecular flexibility index (Phi) is 4.74. The first-order chi connectivity index (χ1) is 17.8. The third-order valence-corrected chi connectivity index (χ3v) is 6.64. The van der Waals surface area contributed by atoms with Crippen molar-refractivity contribution < 1.29 is 0 Å². The highest BCUT2D eigenvalue weighted by Gasteiger charge is 2.05. The molecular formula is C32H20N4. The molecule has 0 spiro atoms. The number of nitrogens with zero attached hydrogens (tertiary/aromatic N) is 4. The van der Waals surface area contributed by atoms with Gasteiger partial charge in [0, 0.05) is 35.6 Å². The van der Waals surface area contributed by atoms with E-state index >= 15 is 0 Å². The number of hydrogen-bond acceptors (Lipinski definition) is 4. The van der Waals surface area contributed by atoms with E-state index in [1.807, 2.05) is 12.1 Å². The van der Waals surface area contributed by atoms with Gasteiger partial charge >= 0.3 is 0 Å². The molecular weight excluding hydrogens is 440 g/mol. The van der Waals surface area contributed by atoms with Gasteiger partial charge in [-0.2, -0.15) is 0 Å². The molecule has 4 nitrogen and oxygen atoms in total. The first-order valence-electron chi connectivity index (χ1n) is 11.9. The maximum atomic E-state index is 4.45. The third kappa shape index (κ3) is 3.48. The fourth-order valence-electron chi connectivity index (χ4n) is 4.90. The molecule has 36 heavy (non-hydrogen) atoms. The van der Waals surface area contributed by atoms with Crippen LogP contribution in [0.3, 0.4) is 0 Å². The molecule has 0 aliphatic heterocycles. The molecule has 0 amide bonds. The summed E-state index contributed by atoms with van der Waals surface area (Å²) in [6.07, 6.45) is 6.96. The minimum Gasteiger partial charge on any atom is -0.253 e. The van der Waals surface area contributed by atoms with Crippen molar-refractivity contribution in [2.75, 3.05) is 0 Å². The maximum absolute atomic E-state index is 4.45. The summed E-state index contributed by atoms with van der Waals surface area (Å²) in [5.74, 6) is 0. The van der Waals surface area contributed by atoms with Gasteiger partial charge in [-0.1, -0.05) is 60.7 Å². The average Bonchev–Trinajstić information content (AvgIpc) is 2.95. The molecule has 0 N–H and O–H groups in total. The standard InChI is InChI=1S/2C16H10N2/c2*1-2-4-12-10-14-13(9-11(12)3-1)5-6-15-16(14)18-8-7-17-15/h2*1-10H. The Morgan fingerprint density at radius 1 is 0.333 bits per heavy atom. The molecule has 168 valence electrons. The Labute approximate surface area is 206 Å². The summed E-state index contributed by atoms with van der Waals surface area (Å²) in [7, 11) is 0. The minimum atomic E-state index is 0.945. The van der Waals surface area contributed by atoms with Crippen LogP contribution >= 0.6 is 0 Å². The van der Waals surface area contributed by atoms with Crippen LogP contribution in [0.25, 0.3) is 65.2 Å². The second kappa shape index (κ2) is 8.36. The van der Waals surface area contributed by atoms with Gasteiger partial charge in [-0.3, -0.25) is 19.9 Å². The van der Waals surface area contributed by atoms with E-state index < -0.39 is 0 Å². The van der Waals surface area contributed by atoms with Crippen LogP contribution < -0.4 is 0 Å². The average molecular weight is 461 g/mol. The summed E-state index contributed by atoms with van der Waals surface area (Å²) < 4.78 is 0. The lowest BCUT2D eigenvalue weighted by atomic mass is 10.0. The SMILES string of the molecule is c1ccc2cc3c(ccc4nccnc43)cc2c1.c1ccc2cc3c(ccc4nccnc43)cc2c1. The Morgan fingerprint density at radius 3 is 1.17 bits per heavy atom. The van der Waals surface area contributed by atoms with E-state index in [4.69, 9.17) is 0 Å². The van der Waals surface area contributed by atoms with Gasteiger partial charge in [-0.15, -0.1) is 0 Å². The molecule has 8 aromatic rings. The molecule has 6 aromatic carbocycles. The van der Waals surface area contributed by atoms with Crippen LogP contribution in [-0.2, 0) is 0 Å². The molecule has 0 atom stereocenters. The molecule has 0 radical (unpaired) electrons. The van der Waals surface area contributed by atoms with E-state index in [1.165, 1.54) is 43.1 Å². The Morgan fingerprint density at radius 2 is 0.722 bits per heavy atom. The van der Waals surface area contributed by atoms with Gasteiger partial charge in [0.05, 0.1) is 22.1 Å². The molecule has 0 aliphatic carbocycles. The van der Waals surface area contributed by atoms with Crippen LogP contribution in [-0.4, -0.2) is 19.9 Å². The van der Waals surface area contributed by atoms with E-state index in [9.17, 15) is 0 Å². The van der Waals surface area contributed by atoms with Crippen molar-refractivity contribution in [1.82, 2.24) is 19.9 Å². The van der Waals surface area contributed by atoms with Crippen molar-refractivity contribution in [1.29, 1.82) is 0 Å². The van der Waals surface area contributed by atoms with E-state index in [1.54, 1.807) is 24.8 Å². The van der Waals surface area contributed by atoms with E-state index in [0.29, 0.717) is 0 Å². The fourth-order valence-corrected chi connectivity index (χ4v) is 4.90. The van der Waals surface area contributed by atoms with Crippen molar-refractivity contribution in [3.05, 3.63) is 122 Å². The van der Waals surface area contributed by atoms with Gasteiger partial charge < -0.3 is 0 Å². The number of fused-ring (bicyclic) bond motifs is 8. The summed E-state index contributed by atoms with van der Waals surface area (Å²) in [6.45, 7) is 0. The molecule has 0 saturated carbocycles. The van der Waals surface area contributed by atoms with Gasteiger partial charge in [0.15, 0.2) is 0 Å². The van der Waals surface area contributed by atoms with Crippen molar-refractivity contribution in [2.24, 2.45) is 0 Å². The Hall–Kier alpha value is -4.96. The Bertz CT molecular complexity index is 1900. The van der Waals surface area contributed by atoms with Gasteiger partial charge in [0.1, 0.15) is 0 Å². The lowest BCUT2D eigenvalue weighted by Gasteiger charge is -2.04. The van der Waals surface area contributed by atoms with E-state index in [0.717, 1.165) is 22.1 Å². The summed E-state index contributed by atoms with van der Waals surface area (Å²) in [4.78, 5) is 17.6. The summed E-state index contributed by atoms with van der Waals surface area (Å²) in [5, 5.41) is 9.75. The summed E-state index contributed by atoms with van der Waals surface area (Å²) in [5.41, 5.74) is 3.84. The van der Waals surface area contributed by atoms with Crippen LogP contribution in [0.2, 0.25) is 0 Å². The van der Waals surface area contributed by atoms with Gasteiger partial charge in [-0.05, 0) is 68.7 Å². The van der Waals surface area contributed by atoms with E-state index in [2.05, 4.69) is 105 Å². The quantitative estimate of drug-likeness (QED) is 0.171. The lowest BCUT2D eigenvalue weighted by molar-refractivity contribution is 1.30. The normalized spacial score (nSPS) is 11.3.